The minimum atomic E-state index is 0.563. The lowest BCUT2D eigenvalue weighted by atomic mass is 10.2. The van der Waals surface area contributed by atoms with E-state index in [1.807, 2.05) is 78.0 Å². The van der Waals surface area contributed by atoms with Gasteiger partial charge in [-0.25, -0.2) is 0 Å². The number of hydrogen-bond acceptors (Lipinski definition) is 3. The summed E-state index contributed by atoms with van der Waals surface area (Å²) in [6.07, 6.45) is 1.89. The van der Waals surface area contributed by atoms with E-state index in [0.717, 1.165) is 22.6 Å². The Kier molecular flexibility index (Phi) is 6.54. The second-order valence-electron chi connectivity index (χ2n) is 6.97. The first-order valence-corrected chi connectivity index (χ1v) is 10.0. The molecule has 3 heteroatoms. The molecule has 0 atom stereocenters. The third-order valence-electron chi connectivity index (χ3n) is 4.70. The molecule has 30 heavy (non-hydrogen) atoms. The number of hydrogen-bond donors (Lipinski definition) is 0. The van der Waals surface area contributed by atoms with Crippen molar-refractivity contribution in [3.63, 3.8) is 0 Å². The lowest BCUT2D eigenvalue weighted by Gasteiger charge is -2.19. The monoisotopic (exact) mass is 392 g/mol. The van der Waals surface area contributed by atoms with Gasteiger partial charge in [0, 0.05) is 0 Å². The molecule has 0 bridgehead atoms. The molecule has 0 spiro atoms. The quantitative estimate of drug-likeness (QED) is 0.259. The van der Waals surface area contributed by atoms with Crippen molar-refractivity contribution in [1.82, 2.24) is 0 Å². The molecule has 0 saturated carbocycles. The highest BCUT2D eigenvalue weighted by molar-refractivity contribution is 5.80. The van der Waals surface area contributed by atoms with Gasteiger partial charge in [0.05, 0.1) is 18.4 Å². The molecule has 0 amide bonds. The summed E-state index contributed by atoms with van der Waals surface area (Å²) in [6.45, 7) is 1.27. The largest absolute Gasteiger partial charge is 0.489 e. The molecule has 0 aliphatic rings. The molecule has 148 valence electrons. The van der Waals surface area contributed by atoms with Gasteiger partial charge in [0.25, 0.3) is 0 Å². The fourth-order valence-electron chi connectivity index (χ4n) is 3.08. The van der Waals surface area contributed by atoms with Crippen molar-refractivity contribution in [3.8, 4) is 5.75 Å². The van der Waals surface area contributed by atoms with Gasteiger partial charge in [-0.3, -0.25) is 5.01 Å². The Labute approximate surface area is 177 Å². The van der Waals surface area contributed by atoms with E-state index in [9.17, 15) is 0 Å². The molecule has 0 heterocycles. The predicted molar refractivity (Wildman–Crippen MR) is 124 cm³/mol. The van der Waals surface area contributed by atoms with E-state index >= 15 is 0 Å². The molecule has 0 aromatic heterocycles. The highest BCUT2D eigenvalue weighted by Crippen LogP contribution is 2.18. The zero-order chi connectivity index (χ0) is 20.4. The van der Waals surface area contributed by atoms with Gasteiger partial charge < -0.3 is 4.74 Å². The molecule has 4 rings (SSSR count). The van der Waals surface area contributed by atoms with Crippen molar-refractivity contribution in [2.75, 3.05) is 5.01 Å². The summed E-state index contributed by atoms with van der Waals surface area (Å²) in [7, 11) is 0. The Balaban J connectivity index is 1.44. The summed E-state index contributed by atoms with van der Waals surface area (Å²) < 4.78 is 5.87. The number of benzene rings is 4. The van der Waals surface area contributed by atoms with Crippen molar-refractivity contribution < 1.29 is 4.74 Å². The highest BCUT2D eigenvalue weighted by Gasteiger charge is 2.05. The van der Waals surface area contributed by atoms with Gasteiger partial charge in [0.2, 0.25) is 0 Å². The van der Waals surface area contributed by atoms with Gasteiger partial charge in [0.15, 0.2) is 0 Å². The lowest BCUT2D eigenvalue weighted by Crippen LogP contribution is -2.15. The van der Waals surface area contributed by atoms with Crippen LogP contribution in [0.2, 0.25) is 0 Å². The fraction of sp³-hybridized carbons (Fsp3) is 0.0741. The zero-order valence-electron chi connectivity index (χ0n) is 16.8. The first-order valence-electron chi connectivity index (χ1n) is 10.0. The fourth-order valence-corrected chi connectivity index (χ4v) is 3.08. The summed E-state index contributed by atoms with van der Waals surface area (Å²) in [5, 5.41) is 6.76. The molecular formula is C27H24N2O. The summed E-state index contributed by atoms with van der Waals surface area (Å²) in [4.78, 5) is 0. The third kappa shape index (κ3) is 5.58. The van der Waals surface area contributed by atoms with Crippen LogP contribution in [-0.4, -0.2) is 6.21 Å². The van der Waals surface area contributed by atoms with E-state index < -0.39 is 0 Å². The molecule has 0 aliphatic carbocycles. The van der Waals surface area contributed by atoms with Crippen LogP contribution in [0.5, 0.6) is 5.75 Å². The summed E-state index contributed by atoms with van der Waals surface area (Å²) in [6, 6.07) is 38.8. The van der Waals surface area contributed by atoms with Crippen molar-refractivity contribution in [1.29, 1.82) is 0 Å². The second-order valence-corrected chi connectivity index (χ2v) is 6.97. The third-order valence-corrected chi connectivity index (χ3v) is 4.70. The van der Waals surface area contributed by atoms with Crippen LogP contribution in [-0.2, 0) is 13.2 Å². The van der Waals surface area contributed by atoms with Gasteiger partial charge in [-0.2, -0.15) is 5.10 Å². The van der Waals surface area contributed by atoms with Crippen LogP contribution in [0.1, 0.15) is 16.7 Å². The van der Waals surface area contributed by atoms with Gasteiger partial charge in [-0.05, 0) is 53.1 Å². The Morgan fingerprint density at radius 2 is 1.20 bits per heavy atom. The average molecular weight is 393 g/mol. The molecule has 0 fully saturated rings. The van der Waals surface area contributed by atoms with E-state index in [-0.39, 0.29) is 0 Å². The standard InChI is InChI=1S/C27H24N2O/c1-4-10-24(11-5-1)21-29(26-14-8-3-9-15-26)28-20-23-16-18-27(19-17-23)30-22-25-12-6-2-7-13-25/h1-20H,21-22H2. The Morgan fingerprint density at radius 1 is 0.633 bits per heavy atom. The average Bonchev–Trinajstić information content (AvgIpc) is 2.83. The molecular weight excluding hydrogens is 368 g/mol. The van der Waals surface area contributed by atoms with Crippen LogP contribution in [0.25, 0.3) is 0 Å². The molecule has 0 radical (unpaired) electrons. The Morgan fingerprint density at radius 3 is 1.83 bits per heavy atom. The molecule has 4 aromatic rings. The van der Waals surface area contributed by atoms with E-state index in [2.05, 4.69) is 48.5 Å². The van der Waals surface area contributed by atoms with Crippen molar-refractivity contribution in [3.05, 3.63) is 132 Å². The molecule has 3 nitrogen and oxygen atoms in total. The summed E-state index contributed by atoms with van der Waals surface area (Å²) >= 11 is 0. The van der Waals surface area contributed by atoms with Crippen molar-refractivity contribution in [2.45, 2.75) is 13.2 Å². The van der Waals surface area contributed by atoms with Crippen LogP contribution in [0.15, 0.2) is 120 Å². The highest BCUT2D eigenvalue weighted by atomic mass is 16.5. The van der Waals surface area contributed by atoms with Crippen molar-refractivity contribution in [2.24, 2.45) is 5.10 Å². The van der Waals surface area contributed by atoms with Crippen LogP contribution < -0.4 is 9.75 Å². The van der Waals surface area contributed by atoms with E-state index in [0.29, 0.717) is 13.2 Å². The van der Waals surface area contributed by atoms with Gasteiger partial charge in [-0.15, -0.1) is 0 Å². The van der Waals surface area contributed by atoms with Crippen LogP contribution in [0, 0.1) is 0 Å². The summed E-state index contributed by atoms with van der Waals surface area (Å²) in [5.74, 6) is 0.847. The number of anilines is 1. The first kappa shape index (κ1) is 19.5. The maximum absolute atomic E-state index is 5.87. The van der Waals surface area contributed by atoms with Crippen LogP contribution in [0.4, 0.5) is 5.69 Å². The summed E-state index contributed by atoms with van der Waals surface area (Å²) in [5.41, 5.74) is 4.45. The van der Waals surface area contributed by atoms with E-state index in [1.54, 1.807) is 0 Å². The lowest BCUT2D eigenvalue weighted by molar-refractivity contribution is 0.306. The molecule has 0 unspecified atom stereocenters. The van der Waals surface area contributed by atoms with E-state index in [4.69, 9.17) is 9.84 Å². The molecule has 0 N–H and O–H groups in total. The number of nitrogens with zero attached hydrogens (tertiary/aromatic N) is 2. The normalized spacial score (nSPS) is 10.8. The predicted octanol–water partition coefficient (Wildman–Crippen LogP) is 6.31. The zero-order valence-corrected chi connectivity index (χ0v) is 16.8. The number of hydrazone groups is 1. The SMILES string of the molecule is C(=NN(Cc1ccccc1)c1ccccc1)c1ccc(OCc2ccccc2)cc1. The molecule has 0 aliphatic heterocycles. The minimum Gasteiger partial charge on any atom is -0.489 e. The van der Waals surface area contributed by atoms with Gasteiger partial charge >= 0.3 is 0 Å². The number of rotatable bonds is 8. The number of para-hydroxylation sites is 1. The second kappa shape index (κ2) is 10.1. The Hall–Kier alpha value is -3.85. The van der Waals surface area contributed by atoms with Crippen LogP contribution >= 0.6 is 0 Å². The minimum absolute atomic E-state index is 0.563. The van der Waals surface area contributed by atoms with Gasteiger partial charge in [-0.1, -0.05) is 78.9 Å². The van der Waals surface area contributed by atoms with Gasteiger partial charge in [0.1, 0.15) is 12.4 Å². The maximum Gasteiger partial charge on any atom is 0.119 e. The van der Waals surface area contributed by atoms with Crippen molar-refractivity contribution >= 4 is 11.9 Å². The topological polar surface area (TPSA) is 24.8 Å². The molecule has 4 aromatic carbocycles. The van der Waals surface area contributed by atoms with E-state index in [1.165, 1.54) is 5.56 Å². The first-order chi connectivity index (χ1) is 14.9. The number of ether oxygens (including phenoxy) is 1. The Bertz CT molecular complexity index is 1050. The maximum atomic E-state index is 5.87. The smallest absolute Gasteiger partial charge is 0.119 e. The molecule has 0 saturated heterocycles. The van der Waals surface area contributed by atoms with Crippen LogP contribution in [0.3, 0.4) is 0 Å².